The van der Waals surface area contributed by atoms with Crippen molar-refractivity contribution in [2.75, 3.05) is 26.2 Å². The standard InChI is InChI=1S/C17H24N6O/c1-21-11-13(10-18-21)12-22-6-3-7-23(9-8-22)17(24)16-14-4-2-5-15(14)19-20-16/h10-11H,2-9,12H2,1H3,(H,19,20). The van der Waals surface area contributed by atoms with E-state index in [1.807, 2.05) is 22.8 Å². The lowest BCUT2D eigenvalue weighted by atomic mass is 10.2. The number of nitrogens with zero attached hydrogens (tertiary/aromatic N) is 5. The molecule has 4 rings (SSSR count). The average molecular weight is 328 g/mol. The molecule has 2 aromatic rings. The number of fused-ring (bicyclic) bond motifs is 1. The summed E-state index contributed by atoms with van der Waals surface area (Å²) < 4.78 is 1.83. The molecular weight excluding hydrogens is 304 g/mol. The number of aromatic nitrogens is 4. The maximum Gasteiger partial charge on any atom is 0.274 e. The molecule has 0 spiro atoms. The van der Waals surface area contributed by atoms with Gasteiger partial charge in [0.25, 0.3) is 5.91 Å². The zero-order valence-corrected chi connectivity index (χ0v) is 14.2. The molecule has 2 aromatic heterocycles. The number of hydrogen-bond acceptors (Lipinski definition) is 4. The Kier molecular flexibility index (Phi) is 4.10. The highest BCUT2D eigenvalue weighted by Crippen LogP contribution is 2.24. The highest BCUT2D eigenvalue weighted by molar-refractivity contribution is 5.94. The molecule has 1 N–H and O–H groups in total. The fraction of sp³-hybridized carbons (Fsp3) is 0.588. The summed E-state index contributed by atoms with van der Waals surface area (Å²) in [5.41, 5.74) is 4.19. The van der Waals surface area contributed by atoms with E-state index >= 15 is 0 Å². The fourth-order valence-electron chi connectivity index (χ4n) is 3.79. The van der Waals surface area contributed by atoms with E-state index < -0.39 is 0 Å². The van der Waals surface area contributed by atoms with E-state index in [1.54, 1.807) is 0 Å². The maximum absolute atomic E-state index is 12.9. The number of rotatable bonds is 3. The average Bonchev–Trinajstić information content (AvgIpc) is 3.22. The third-order valence-corrected chi connectivity index (χ3v) is 5.05. The Bertz CT molecular complexity index is 733. The van der Waals surface area contributed by atoms with Crippen molar-refractivity contribution in [2.24, 2.45) is 7.05 Å². The first-order valence-corrected chi connectivity index (χ1v) is 8.76. The number of carbonyl (C=O) groups excluding carboxylic acids is 1. The van der Waals surface area contributed by atoms with Crippen molar-refractivity contribution in [3.8, 4) is 0 Å². The van der Waals surface area contributed by atoms with Crippen molar-refractivity contribution < 1.29 is 4.79 Å². The Morgan fingerprint density at radius 2 is 2.12 bits per heavy atom. The number of amides is 1. The molecule has 7 heteroatoms. The molecule has 0 bridgehead atoms. The predicted molar refractivity (Wildman–Crippen MR) is 89.6 cm³/mol. The monoisotopic (exact) mass is 328 g/mol. The summed E-state index contributed by atoms with van der Waals surface area (Å²) in [5.74, 6) is 0.0950. The quantitative estimate of drug-likeness (QED) is 0.912. The van der Waals surface area contributed by atoms with Gasteiger partial charge in [0.2, 0.25) is 0 Å². The van der Waals surface area contributed by atoms with E-state index in [9.17, 15) is 4.79 Å². The number of aryl methyl sites for hydroxylation is 2. The molecule has 24 heavy (non-hydrogen) atoms. The second kappa shape index (κ2) is 6.39. The fourth-order valence-corrected chi connectivity index (χ4v) is 3.79. The lowest BCUT2D eigenvalue weighted by Crippen LogP contribution is -2.35. The van der Waals surface area contributed by atoms with Crippen molar-refractivity contribution in [1.29, 1.82) is 0 Å². The first kappa shape index (κ1) is 15.4. The third-order valence-electron chi connectivity index (χ3n) is 5.05. The summed E-state index contributed by atoms with van der Waals surface area (Å²) in [4.78, 5) is 17.2. The van der Waals surface area contributed by atoms with Gasteiger partial charge >= 0.3 is 0 Å². The topological polar surface area (TPSA) is 70.1 Å². The largest absolute Gasteiger partial charge is 0.336 e. The summed E-state index contributed by atoms with van der Waals surface area (Å²) in [6.07, 6.45) is 8.10. The summed E-state index contributed by atoms with van der Waals surface area (Å²) in [7, 11) is 1.94. The van der Waals surface area contributed by atoms with Gasteiger partial charge in [-0.15, -0.1) is 0 Å². The van der Waals surface area contributed by atoms with Crippen LogP contribution >= 0.6 is 0 Å². The predicted octanol–water partition coefficient (Wildman–Crippen LogP) is 0.980. The molecule has 2 aliphatic rings. The van der Waals surface area contributed by atoms with Crippen LogP contribution in [0.2, 0.25) is 0 Å². The molecule has 0 aromatic carbocycles. The van der Waals surface area contributed by atoms with E-state index in [2.05, 4.69) is 26.4 Å². The van der Waals surface area contributed by atoms with Gasteiger partial charge in [0.1, 0.15) is 0 Å². The van der Waals surface area contributed by atoms with Crippen molar-refractivity contribution in [2.45, 2.75) is 32.2 Å². The normalized spacial score (nSPS) is 18.6. The van der Waals surface area contributed by atoms with Crippen LogP contribution in [0.15, 0.2) is 12.4 Å². The van der Waals surface area contributed by atoms with E-state index in [1.165, 1.54) is 5.56 Å². The minimum Gasteiger partial charge on any atom is -0.336 e. The zero-order chi connectivity index (χ0) is 16.5. The van der Waals surface area contributed by atoms with Crippen LogP contribution in [0.1, 0.15) is 40.2 Å². The highest BCUT2D eigenvalue weighted by Gasteiger charge is 2.27. The molecule has 3 heterocycles. The van der Waals surface area contributed by atoms with Gasteiger partial charge in [0.15, 0.2) is 5.69 Å². The molecule has 1 aliphatic carbocycles. The van der Waals surface area contributed by atoms with Gasteiger partial charge in [-0.3, -0.25) is 19.5 Å². The summed E-state index contributed by atoms with van der Waals surface area (Å²) in [5, 5.41) is 11.6. The summed E-state index contributed by atoms with van der Waals surface area (Å²) >= 11 is 0. The van der Waals surface area contributed by atoms with Crippen LogP contribution in [0.3, 0.4) is 0 Å². The number of nitrogens with one attached hydrogen (secondary N) is 1. The van der Waals surface area contributed by atoms with E-state index in [-0.39, 0.29) is 5.91 Å². The summed E-state index contributed by atoms with van der Waals surface area (Å²) in [6, 6.07) is 0. The first-order chi connectivity index (χ1) is 11.7. The smallest absolute Gasteiger partial charge is 0.274 e. The van der Waals surface area contributed by atoms with E-state index in [0.717, 1.165) is 69.7 Å². The Hall–Kier alpha value is -2.15. The molecule has 7 nitrogen and oxygen atoms in total. The van der Waals surface area contributed by atoms with Crippen molar-refractivity contribution in [3.05, 3.63) is 34.9 Å². The minimum atomic E-state index is 0.0950. The highest BCUT2D eigenvalue weighted by atomic mass is 16.2. The molecule has 128 valence electrons. The second-order valence-electron chi connectivity index (χ2n) is 6.83. The molecule has 0 atom stereocenters. The van der Waals surface area contributed by atoms with E-state index in [4.69, 9.17) is 0 Å². The number of hydrogen-bond donors (Lipinski definition) is 1. The molecular formula is C17H24N6O. The number of H-pyrrole nitrogens is 1. The van der Waals surface area contributed by atoms with E-state index in [0.29, 0.717) is 5.69 Å². The number of aromatic amines is 1. The van der Waals surface area contributed by atoms with Gasteiger partial charge < -0.3 is 4.90 Å². The zero-order valence-electron chi connectivity index (χ0n) is 14.2. The molecule has 0 saturated carbocycles. The minimum absolute atomic E-state index is 0.0950. The molecule has 1 saturated heterocycles. The van der Waals surface area contributed by atoms with Crippen molar-refractivity contribution >= 4 is 5.91 Å². The van der Waals surface area contributed by atoms with Crippen molar-refractivity contribution in [1.82, 2.24) is 29.8 Å². The lowest BCUT2D eigenvalue weighted by Gasteiger charge is -2.21. The van der Waals surface area contributed by atoms with Crippen LogP contribution in [0.4, 0.5) is 0 Å². The molecule has 0 unspecified atom stereocenters. The van der Waals surface area contributed by atoms with Crippen LogP contribution < -0.4 is 0 Å². The Morgan fingerprint density at radius 1 is 1.21 bits per heavy atom. The van der Waals surface area contributed by atoms with Gasteiger partial charge in [0, 0.05) is 62.8 Å². The van der Waals surface area contributed by atoms with Crippen LogP contribution in [0.25, 0.3) is 0 Å². The molecule has 1 amide bonds. The van der Waals surface area contributed by atoms with Crippen LogP contribution in [0, 0.1) is 0 Å². The van der Waals surface area contributed by atoms with Gasteiger partial charge in [-0.2, -0.15) is 10.2 Å². The number of carbonyl (C=O) groups is 1. The van der Waals surface area contributed by atoms with Crippen molar-refractivity contribution in [3.63, 3.8) is 0 Å². The Labute approximate surface area is 141 Å². The molecule has 1 aliphatic heterocycles. The molecule has 1 fully saturated rings. The second-order valence-corrected chi connectivity index (χ2v) is 6.83. The van der Waals surface area contributed by atoms with Gasteiger partial charge in [-0.25, -0.2) is 0 Å². The Balaban J connectivity index is 1.40. The van der Waals surface area contributed by atoms with Gasteiger partial charge in [-0.1, -0.05) is 0 Å². The van der Waals surface area contributed by atoms with Crippen LogP contribution in [-0.4, -0.2) is 61.9 Å². The van der Waals surface area contributed by atoms with Gasteiger partial charge in [-0.05, 0) is 25.7 Å². The summed E-state index contributed by atoms with van der Waals surface area (Å²) in [6.45, 7) is 4.38. The Morgan fingerprint density at radius 3 is 2.96 bits per heavy atom. The lowest BCUT2D eigenvalue weighted by molar-refractivity contribution is 0.0754. The van der Waals surface area contributed by atoms with Gasteiger partial charge in [0.05, 0.1) is 6.20 Å². The SMILES string of the molecule is Cn1cc(CN2CCCN(C(=O)c3n[nH]c4c3CCC4)CC2)cn1. The first-order valence-electron chi connectivity index (χ1n) is 8.76. The van der Waals surface area contributed by atoms with Crippen LogP contribution in [-0.2, 0) is 26.4 Å². The maximum atomic E-state index is 12.9. The van der Waals surface area contributed by atoms with Crippen LogP contribution in [0.5, 0.6) is 0 Å². The molecule has 0 radical (unpaired) electrons. The third kappa shape index (κ3) is 2.96.